The number of ketones is 2. The first kappa shape index (κ1) is 23.9. The van der Waals surface area contributed by atoms with Crippen LogP contribution in [0.5, 0.6) is 0 Å². The zero-order chi connectivity index (χ0) is 24.6. The second-order valence-electron chi connectivity index (χ2n) is 11.3. The third kappa shape index (κ3) is 3.31. The summed E-state index contributed by atoms with van der Waals surface area (Å²) in [7, 11) is 0. The number of hydrogen-bond donors (Lipinski definition) is 4. The van der Waals surface area contributed by atoms with Crippen LogP contribution in [0.4, 0.5) is 0 Å². The Bertz CT molecular complexity index is 943. The summed E-state index contributed by atoms with van der Waals surface area (Å²) in [6, 6.07) is 0. The Balaban J connectivity index is 1.45. The predicted molar refractivity (Wildman–Crippen MR) is 116 cm³/mol. The molecule has 3 saturated carbocycles. The number of ether oxygens (including phenoxy) is 2. The first-order chi connectivity index (χ1) is 16.0. The van der Waals surface area contributed by atoms with Gasteiger partial charge in [-0.15, -0.1) is 0 Å². The maximum atomic E-state index is 13.0. The fourth-order valence-corrected chi connectivity index (χ4v) is 7.84. The lowest BCUT2D eigenvalue weighted by molar-refractivity contribution is -0.284. The quantitative estimate of drug-likeness (QED) is 0.471. The number of carboxylic acid groups (broad SMARTS) is 1. The molecule has 0 aromatic carbocycles. The van der Waals surface area contributed by atoms with E-state index in [0.29, 0.717) is 42.8 Å². The highest BCUT2D eigenvalue weighted by molar-refractivity contribution is 5.95. The molecule has 1 aliphatic heterocycles. The smallest absolute Gasteiger partial charge is 0.335 e. The van der Waals surface area contributed by atoms with Crippen molar-refractivity contribution in [2.45, 2.75) is 95.9 Å². The summed E-state index contributed by atoms with van der Waals surface area (Å²) in [4.78, 5) is 37.1. The van der Waals surface area contributed by atoms with Gasteiger partial charge in [0.15, 0.2) is 17.6 Å². The SMILES string of the molecule is CC12CCC3C(CCC4=C(OC5OC(C(=O)O)C(O)C(O)C5O)C(=O)CCC43C)C1CCC2=O. The van der Waals surface area contributed by atoms with E-state index in [1.807, 2.05) is 0 Å². The van der Waals surface area contributed by atoms with Crippen LogP contribution in [0.2, 0.25) is 0 Å². The van der Waals surface area contributed by atoms with Gasteiger partial charge in [0.05, 0.1) is 0 Å². The molecule has 1 heterocycles. The van der Waals surface area contributed by atoms with Crippen molar-refractivity contribution in [3.8, 4) is 0 Å². The minimum absolute atomic E-state index is 0.0970. The summed E-state index contributed by atoms with van der Waals surface area (Å²) in [5, 5.41) is 39.8. The molecule has 4 N–H and O–H groups in total. The molecule has 5 rings (SSSR count). The third-order valence-electron chi connectivity index (χ3n) is 9.83. The molecule has 4 fully saturated rings. The van der Waals surface area contributed by atoms with Gasteiger partial charge in [0.25, 0.3) is 0 Å². The summed E-state index contributed by atoms with van der Waals surface area (Å²) < 4.78 is 11.2. The molecule has 188 valence electrons. The van der Waals surface area contributed by atoms with Crippen LogP contribution in [0.15, 0.2) is 11.3 Å². The number of hydrogen-bond acceptors (Lipinski definition) is 8. The van der Waals surface area contributed by atoms with E-state index in [1.165, 1.54) is 0 Å². The van der Waals surface area contributed by atoms with Crippen LogP contribution in [0.1, 0.15) is 65.2 Å². The van der Waals surface area contributed by atoms with E-state index in [-0.39, 0.29) is 28.8 Å². The molecule has 0 radical (unpaired) electrons. The molecule has 0 bridgehead atoms. The highest BCUT2D eigenvalue weighted by Crippen LogP contribution is 2.65. The van der Waals surface area contributed by atoms with E-state index < -0.39 is 36.7 Å². The number of aliphatic hydroxyl groups is 3. The van der Waals surface area contributed by atoms with Crippen LogP contribution in [0, 0.1) is 28.6 Å². The number of allylic oxidation sites excluding steroid dienone is 1. The monoisotopic (exact) mass is 478 g/mol. The highest BCUT2D eigenvalue weighted by atomic mass is 16.7. The van der Waals surface area contributed by atoms with Crippen molar-refractivity contribution in [2.75, 3.05) is 0 Å². The standard InChI is InChI=1S/C25H34O9/c1-24-10-8-15(26)20(33-23-19(30)17(28)18(29)21(34-23)22(31)32)14(24)4-3-11-12-5-6-16(27)25(12,2)9-7-13(11)24/h11-13,17-19,21,23,28-30H,3-10H2,1-2H3,(H,31,32). The number of aliphatic hydroxyl groups excluding tert-OH is 3. The Morgan fingerprint density at radius 3 is 2.32 bits per heavy atom. The van der Waals surface area contributed by atoms with Gasteiger partial charge in [-0.3, -0.25) is 9.59 Å². The third-order valence-corrected chi connectivity index (χ3v) is 9.83. The first-order valence-corrected chi connectivity index (χ1v) is 12.4. The van der Waals surface area contributed by atoms with Gasteiger partial charge in [0.1, 0.15) is 24.1 Å². The summed E-state index contributed by atoms with van der Waals surface area (Å²) in [6.45, 7) is 4.28. The average molecular weight is 479 g/mol. The Hall–Kier alpha value is -1.81. The van der Waals surface area contributed by atoms with Crippen molar-refractivity contribution in [2.24, 2.45) is 28.6 Å². The van der Waals surface area contributed by atoms with Crippen LogP contribution >= 0.6 is 0 Å². The van der Waals surface area contributed by atoms with Gasteiger partial charge in [-0.25, -0.2) is 4.79 Å². The van der Waals surface area contributed by atoms with E-state index >= 15 is 0 Å². The molecular formula is C25H34O9. The van der Waals surface area contributed by atoms with E-state index in [0.717, 1.165) is 31.3 Å². The predicted octanol–water partition coefficient (Wildman–Crippen LogP) is 1.32. The maximum absolute atomic E-state index is 13.0. The Kier molecular flexibility index (Phi) is 5.71. The number of rotatable bonds is 3. The molecule has 0 amide bonds. The summed E-state index contributed by atoms with van der Waals surface area (Å²) in [5.74, 6) is -0.188. The second-order valence-corrected chi connectivity index (χ2v) is 11.3. The van der Waals surface area contributed by atoms with Crippen LogP contribution in [-0.2, 0) is 23.9 Å². The molecule has 0 aromatic heterocycles. The number of carbonyl (C=O) groups is 3. The highest BCUT2D eigenvalue weighted by Gasteiger charge is 2.60. The van der Waals surface area contributed by atoms with E-state index in [2.05, 4.69) is 13.8 Å². The van der Waals surface area contributed by atoms with Crippen LogP contribution in [-0.4, -0.2) is 68.7 Å². The molecule has 0 spiro atoms. The van der Waals surface area contributed by atoms with Crippen LogP contribution < -0.4 is 0 Å². The van der Waals surface area contributed by atoms with Gasteiger partial charge < -0.3 is 29.9 Å². The molecule has 9 heteroatoms. The van der Waals surface area contributed by atoms with E-state index in [1.54, 1.807) is 0 Å². The lowest BCUT2D eigenvalue weighted by atomic mass is 9.47. The van der Waals surface area contributed by atoms with Crippen molar-refractivity contribution < 1.29 is 44.3 Å². The molecule has 5 aliphatic rings. The number of aliphatic carboxylic acids is 1. The molecule has 4 aliphatic carbocycles. The number of fused-ring (bicyclic) bond motifs is 5. The summed E-state index contributed by atoms with van der Waals surface area (Å²) in [6.07, 6.45) is -2.98. The Morgan fingerprint density at radius 1 is 0.912 bits per heavy atom. The van der Waals surface area contributed by atoms with Crippen molar-refractivity contribution in [1.29, 1.82) is 0 Å². The number of carboxylic acids is 1. The zero-order valence-electron chi connectivity index (χ0n) is 19.6. The summed E-state index contributed by atoms with van der Waals surface area (Å²) in [5.41, 5.74) is 0.315. The van der Waals surface area contributed by atoms with E-state index in [4.69, 9.17) is 9.47 Å². The largest absolute Gasteiger partial charge is 0.479 e. The maximum Gasteiger partial charge on any atom is 0.335 e. The van der Waals surface area contributed by atoms with Gasteiger partial charge in [0.2, 0.25) is 6.29 Å². The molecule has 10 unspecified atom stereocenters. The first-order valence-electron chi connectivity index (χ1n) is 12.4. The van der Waals surface area contributed by atoms with Crippen molar-refractivity contribution >= 4 is 17.5 Å². The van der Waals surface area contributed by atoms with Gasteiger partial charge in [-0.05, 0) is 67.3 Å². The second kappa shape index (κ2) is 8.11. The van der Waals surface area contributed by atoms with Crippen LogP contribution in [0.3, 0.4) is 0 Å². The minimum atomic E-state index is -1.82. The molecule has 9 nitrogen and oxygen atoms in total. The molecular weight excluding hydrogens is 444 g/mol. The fraction of sp³-hybridized carbons (Fsp3) is 0.800. The Morgan fingerprint density at radius 2 is 1.62 bits per heavy atom. The number of Topliss-reactive ketones (excluding diaryl/α,β-unsaturated/α-hetero) is 2. The lowest BCUT2D eigenvalue weighted by Crippen LogP contribution is -2.60. The molecule has 10 atom stereocenters. The van der Waals surface area contributed by atoms with Crippen molar-refractivity contribution in [3.05, 3.63) is 11.3 Å². The molecule has 1 saturated heterocycles. The zero-order valence-corrected chi connectivity index (χ0v) is 19.6. The molecule has 34 heavy (non-hydrogen) atoms. The van der Waals surface area contributed by atoms with Gasteiger partial charge in [-0.2, -0.15) is 0 Å². The minimum Gasteiger partial charge on any atom is -0.479 e. The lowest BCUT2D eigenvalue weighted by Gasteiger charge is -2.57. The molecule has 0 aromatic rings. The van der Waals surface area contributed by atoms with E-state index in [9.17, 15) is 34.8 Å². The topological polar surface area (TPSA) is 151 Å². The van der Waals surface area contributed by atoms with Gasteiger partial charge in [-0.1, -0.05) is 13.8 Å². The van der Waals surface area contributed by atoms with Gasteiger partial charge >= 0.3 is 5.97 Å². The van der Waals surface area contributed by atoms with Crippen molar-refractivity contribution in [1.82, 2.24) is 0 Å². The number of carbonyl (C=O) groups excluding carboxylic acids is 2. The Labute approximate surface area is 198 Å². The normalized spacial score (nSPS) is 48.7. The summed E-state index contributed by atoms with van der Waals surface area (Å²) >= 11 is 0. The van der Waals surface area contributed by atoms with Crippen LogP contribution in [0.25, 0.3) is 0 Å². The average Bonchev–Trinajstić information content (AvgIpc) is 3.10. The van der Waals surface area contributed by atoms with Crippen molar-refractivity contribution in [3.63, 3.8) is 0 Å². The fourth-order valence-electron chi connectivity index (χ4n) is 7.84. The van der Waals surface area contributed by atoms with Gasteiger partial charge in [0, 0.05) is 18.3 Å².